The Morgan fingerprint density at radius 1 is 1.33 bits per heavy atom. The van der Waals surface area contributed by atoms with Crippen molar-refractivity contribution in [2.24, 2.45) is 0 Å². The van der Waals surface area contributed by atoms with E-state index >= 15 is 0 Å². The van der Waals surface area contributed by atoms with Gasteiger partial charge in [-0.3, -0.25) is 0 Å². The van der Waals surface area contributed by atoms with Crippen LogP contribution in [0.4, 0.5) is 0 Å². The molecule has 0 bridgehead atoms. The number of nitrogens with zero attached hydrogens (tertiary/aromatic N) is 3. The first kappa shape index (κ1) is 10.8. The Labute approximate surface area is 105 Å². The fourth-order valence-electron chi connectivity index (χ4n) is 1.45. The summed E-state index contributed by atoms with van der Waals surface area (Å²) in [6.07, 6.45) is 3.44. The number of fused-ring (bicyclic) bond motifs is 1. The van der Waals surface area contributed by atoms with E-state index in [1.165, 1.54) is 17.8 Å². The van der Waals surface area contributed by atoms with E-state index in [1.54, 1.807) is 35.1 Å². The molecule has 0 aliphatic carbocycles. The lowest BCUT2D eigenvalue weighted by atomic mass is 10.5. The first-order chi connectivity index (χ1) is 8.72. The van der Waals surface area contributed by atoms with Crippen molar-refractivity contribution in [3.63, 3.8) is 0 Å². The Bertz CT molecular complexity index is 719. The second-order valence-electron chi connectivity index (χ2n) is 3.43. The van der Waals surface area contributed by atoms with Crippen molar-refractivity contribution in [1.29, 1.82) is 0 Å². The minimum atomic E-state index is -1.08. The molecule has 0 fully saturated rings. The van der Waals surface area contributed by atoms with Gasteiger partial charge in [0.15, 0.2) is 10.7 Å². The number of carboxylic acid groups (broad SMARTS) is 1. The molecule has 3 aromatic heterocycles. The second-order valence-corrected chi connectivity index (χ2v) is 4.45. The van der Waals surface area contributed by atoms with Gasteiger partial charge in [0.1, 0.15) is 5.03 Å². The molecule has 0 aliphatic rings. The molecule has 3 rings (SSSR count). The van der Waals surface area contributed by atoms with Crippen molar-refractivity contribution in [2.75, 3.05) is 0 Å². The molecule has 0 atom stereocenters. The van der Waals surface area contributed by atoms with Crippen molar-refractivity contribution in [3.05, 3.63) is 42.4 Å². The quantitative estimate of drug-likeness (QED) is 0.728. The normalized spacial score (nSPS) is 10.9. The van der Waals surface area contributed by atoms with Crippen LogP contribution < -0.4 is 0 Å². The molecule has 0 saturated heterocycles. The van der Waals surface area contributed by atoms with Gasteiger partial charge in [0.2, 0.25) is 5.76 Å². The van der Waals surface area contributed by atoms with E-state index in [-0.39, 0.29) is 5.76 Å². The second kappa shape index (κ2) is 4.19. The fraction of sp³-hybridized carbons (Fsp3) is 0. The van der Waals surface area contributed by atoms with Crippen LogP contribution in [0.5, 0.6) is 0 Å². The molecule has 3 heterocycles. The number of hydrogen-bond acceptors (Lipinski definition) is 5. The fourth-order valence-corrected chi connectivity index (χ4v) is 2.19. The molecule has 0 spiro atoms. The maximum atomic E-state index is 10.7. The summed E-state index contributed by atoms with van der Waals surface area (Å²) in [4.78, 5) is 15.0. The average Bonchev–Trinajstić information content (AvgIpc) is 2.96. The molecule has 0 aliphatic heterocycles. The zero-order chi connectivity index (χ0) is 12.5. The van der Waals surface area contributed by atoms with Gasteiger partial charge in [0.25, 0.3) is 0 Å². The van der Waals surface area contributed by atoms with Gasteiger partial charge < -0.3 is 9.52 Å². The van der Waals surface area contributed by atoms with Crippen LogP contribution in [0.15, 0.2) is 51.2 Å². The van der Waals surface area contributed by atoms with E-state index in [1.807, 2.05) is 0 Å². The summed E-state index contributed by atoms with van der Waals surface area (Å²) in [5.74, 6) is -1.16. The third-order valence-corrected chi connectivity index (χ3v) is 3.09. The number of carboxylic acids is 1. The van der Waals surface area contributed by atoms with E-state index in [9.17, 15) is 4.79 Å². The molecule has 3 aromatic rings. The van der Waals surface area contributed by atoms with Crippen molar-refractivity contribution < 1.29 is 14.3 Å². The van der Waals surface area contributed by atoms with Gasteiger partial charge in [0, 0.05) is 12.3 Å². The standard InChI is InChI=1S/C11H7N3O3S/c15-11(16)7-1-2-10(17-7)18-9-4-6-14-8(13-9)3-5-12-14/h1-6H,(H,15,16). The van der Waals surface area contributed by atoms with E-state index in [0.717, 1.165) is 5.65 Å². The number of aromatic nitrogens is 3. The number of carbonyl (C=O) groups is 1. The minimum Gasteiger partial charge on any atom is -0.475 e. The van der Waals surface area contributed by atoms with Crippen molar-refractivity contribution in [2.45, 2.75) is 10.1 Å². The highest BCUT2D eigenvalue weighted by Gasteiger charge is 2.10. The summed E-state index contributed by atoms with van der Waals surface area (Å²) in [5.41, 5.74) is 0.727. The van der Waals surface area contributed by atoms with Crippen LogP contribution in [0.1, 0.15) is 10.6 Å². The molecule has 1 N–H and O–H groups in total. The molecular weight excluding hydrogens is 254 g/mol. The predicted molar refractivity (Wildman–Crippen MR) is 62.8 cm³/mol. The largest absolute Gasteiger partial charge is 0.475 e. The number of hydrogen-bond donors (Lipinski definition) is 1. The zero-order valence-corrected chi connectivity index (χ0v) is 9.79. The van der Waals surface area contributed by atoms with Crippen LogP contribution in [-0.2, 0) is 0 Å². The van der Waals surface area contributed by atoms with Gasteiger partial charge in [-0.15, -0.1) is 0 Å². The van der Waals surface area contributed by atoms with Crippen molar-refractivity contribution in [1.82, 2.24) is 14.6 Å². The molecule has 0 amide bonds. The Kier molecular flexibility index (Phi) is 2.52. The van der Waals surface area contributed by atoms with Gasteiger partial charge in [-0.25, -0.2) is 14.3 Å². The molecule has 6 nitrogen and oxygen atoms in total. The number of aromatic carboxylic acids is 1. The molecule has 0 saturated carbocycles. The molecule has 0 unspecified atom stereocenters. The summed E-state index contributed by atoms with van der Waals surface area (Å²) in [7, 11) is 0. The third-order valence-electron chi connectivity index (χ3n) is 2.23. The summed E-state index contributed by atoms with van der Waals surface area (Å²) >= 11 is 1.26. The molecule has 0 radical (unpaired) electrons. The average molecular weight is 261 g/mol. The summed E-state index contributed by atoms with van der Waals surface area (Å²) in [6.45, 7) is 0. The monoisotopic (exact) mass is 261 g/mol. The Morgan fingerprint density at radius 3 is 3.00 bits per heavy atom. The van der Waals surface area contributed by atoms with Gasteiger partial charge >= 0.3 is 5.97 Å². The highest BCUT2D eigenvalue weighted by atomic mass is 32.2. The number of furan rings is 1. The lowest BCUT2D eigenvalue weighted by molar-refractivity contribution is 0.0656. The molecule has 7 heteroatoms. The first-order valence-corrected chi connectivity index (χ1v) is 5.85. The highest BCUT2D eigenvalue weighted by Crippen LogP contribution is 2.27. The lowest BCUT2D eigenvalue weighted by Gasteiger charge is -1.98. The zero-order valence-electron chi connectivity index (χ0n) is 8.98. The summed E-state index contributed by atoms with van der Waals surface area (Å²) in [5, 5.41) is 14.0. The van der Waals surface area contributed by atoms with Crippen molar-refractivity contribution in [3.8, 4) is 0 Å². The molecule has 0 aromatic carbocycles. The van der Waals surface area contributed by atoms with E-state index in [2.05, 4.69) is 10.1 Å². The minimum absolute atomic E-state index is 0.0806. The molecule has 90 valence electrons. The first-order valence-electron chi connectivity index (χ1n) is 5.04. The van der Waals surface area contributed by atoms with E-state index < -0.39 is 5.97 Å². The SMILES string of the molecule is O=C(O)c1ccc(Sc2ccn3nccc3n2)o1. The van der Waals surface area contributed by atoms with E-state index in [0.29, 0.717) is 10.1 Å². The summed E-state index contributed by atoms with van der Waals surface area (Å²) < 4.78 is 6.79. The molecular formula is C11H7N3O3S. The maximum absolute atomic E-state index is 10.7. The third kappa shape index (κ3) is 1.95. The van der Waals surface area contributed by atoms with Crippen LogP contribution in [-0.4, -0.2) is 25.7 Å². The Morgan fingerprint density at radius 2 is 2.22 bits per heavy atom. The topological polar surface area (TPSA) is 80.6 Å². The van der Waals surface area contributed by atoms with Gasteiger partial charge in [-0.2, -0.15) is 5.10 Å². The highest BCUT2D eigenvalue weighted by molar-refractivity contribution is 7.99. The van der Waals surface area contributed by atoms with Crippen LogP contribution >= 0.6 is 11.8 Å². The van der Waals surface area contributed by atoms with Gasteiger partial charge in [0.05, 0.1) is 6.20 Å². The van der Waals surface area contributed by atoms with E-state index in [4.69, 9.17) is 9.52 Å². The van der Waals surface area contributed by atoms with Crippen LogP contribution in [0.25, 0.3) is 5.65 Å². The van der Waals surface area contributed by atoms with Gasteiger partial charge in [-0.1, -0.05) is 0 Å². The van der Waals surface area contributed by atoms with Crippen LogP contribution in [0.3, 0.4) is 0 Å². The van der Waals surface area contributed by atoms with Crippen LogP contribution in [0.2, 0.25) is 0 Å². The Hall–Kier alpha value is -2.28. The summed E-state index contributed by atoms with van der Waals surface area (Å²) in [6, 6.07) is 6.60. The molecule has 18 heavy (non-hydrogen) atoms. The van der Waals surface area contributed by atoms with Crippen molar-refractivity contribution >= 4 is 23.4 Å². The van der Waals surface area contributed by atoms with Crippen LogP contribution in [0, 0.1) is 0 Å². The lowest BCUT2D eigenvalue weighted by Crippen LogP contribution is -1.91. The Balaban J connectivity index is 1.88. The van der Waals surface area contributed by atoms with Gasteiger partial charge in [-0.05, 0) is 30.0 Å². The number of rotatable bonds is 3. The smallest absolute Gasteiger partial charge is 0.371 e. The predicted octanol–water partition coefficient (Wildman–Crippen LogP) is 2.17. The maximum Gasteiger partial charge on any atom is 0.371 e.